The molecular formula is C12H9FN2O2. The Kier molecular flexibility index (Phi) is 3.00. The third-order valence-electron chi connectivity index (χ3n) is 2.19. The van der Waals surface area contributed by atoms with E-state index >= 15 is 0 Å². The lowest BCUT2D eigenvalue weighted by Crippen LogP contribution is -1.98. The zero-order chi connectivity index (χ0) is 12.3. The summed E-state index contributed by atoms with van der Waals surface area (Å²) < 4.78 is 15.2. The number of imidazole rings is 1. The van der Waals surface area contributed by atoms with E-state index in [1.807, 2.05) is 0 Å². The fourth-order valence-electron chi connectivity index (χ4n) is 1.49. The molecular weight excluding hydrogens is 223 g/mol. The maximum atomic E-state index is 13.7. The van der Waals surface area contributed by atoms with E-state index in [0.717, 1.165) is 6.08 Å². The second-order valence-electron chi connectivity index (χ2n) is 3.32. The van der Waals surface area contributed by atoms with Gasteiger partial charge in [-0.25, -0.2) is 14.2 Å². The monoisotopic (exact) mass is 232 g/mol. The van der Waals surface area contributed by atoms with Crippen LogP contribution >= 0.6 is 0 Å². The first-order valence-corrected chi connectivity index (χ1v) is 4.86. The standard InChI is InChI=1S/C12H9FN2O2/c13-10-3-1-2-9(4-5-11(16)17)12(10)15-7-6-14-8-15/h1-8H,(H,16,17)/b5-4+. The van der Waals surface area contributed by atoms with E-state index in [0.29, 0.717) is 5.56 Å². The summed E-state index contributed by atoms with van der Waals surface area (Å²) in [7, 11) is 0. The summed E-state index contributed by atoms with van der Waals surface area (Å²) in [5, 5.41) is 8.57. The molecule has 2 aromatic rings. The number of rotatable bonds is 3. The smallest absolute Gasteiger partial charge is 0.328 e. The van der Waals surface area contributed by atoms with Crippen molar-refractivity contribution in [3.8, 4) is 5.69 Å². The van der Waals surface area contributed by atoms with Gasteiger partial charge in [0.05, 0.1) is 12.0 Å². The van der Waals surface area contributed by atoms with Crippen LogP contribution in [-0.2, 0) is 4.79 Å². The zero-order valence-electron chi connectivity index (χ0n) is 8.75. The van der Waals surface area contributed by atoms with Gasteiger partial charge >= 0.3 is 5.97 Å². The predicted molar refractivity (Wildman–Crippen MR) is 60.2 cm³/mol. The largest absolute Gasteiger partial charge is 0.478 e. The van der Waals surface area contributed by atoms with Gasteiger partial charge in [0.1, 0.15) is 5.82 Å². The summed E-state index contributed by atoms with van der Waals surface area (Å²) in [4.78, 5) is 14.3. The summed E-state index contributed by atoms with van der Waals surface area (Å²) in [5.41, 5.74) is 0.757. The highest BCUT2D eigenvalue weighted by Crippen LogP contribution is 2.19. The number of aliphatic carboxylic acids is 1. The molecule has 0 spiro atoms. The Morgan fingerprint density at radius 1 is 1.47 bits per heavy atom. The number of nitrogens with zero attached hydrogens (tertiary/aromatic N) is 2. The van der Waals surface area contributed by atoms with E-state index in [4.69, 9.17) is 5.11 Å². The first-order valence-electron chi connectivity index (χ1n) is 4.86. The minimum Gasteiger partial charge on any atom is -0.478 e. The van der Waals surface area contributed by atoms with Crippen LogP contribution in [0.2, 0.25) is 0 Å². The van der Waals surface area contributed by atoms with Gasteiger partial charge in [-0.1, -0.05) is 12.1 Å². The normalized spacial score (nSPS) is 10.9. The zero-order valence-corrected chi connectivity index (χ0v) is 8.75. The number of benzene rings is 1. The summed E-state index contributed by atoms with van der Waals surface area (Å²) in [6, 6.07) is 4.47. The van der Waals surface area contributed by atoms with Crippen LogP contribution in [0.3, 0.4) is 0 Å². The van der Waals surface area contributed by atoms with Crippen molar-refractivity contribution in [1.29, 1.82) is 0 Å². The summed E-state index contributed by atoms with van der Waals surface area (Å²) in [6.45, 7) is 0. The van der Waals surface area contributed by atoms with Gasteiger partial charge in [-0.15, -0.1) is 0 Å². The van der Waals surface area contributed by atoms with E-state index in [2.05, 4.69) is 4.98 Å². The molecule has 0 aliphatic heterocycles. The predicted octanol–water partition coefficient (Wildman–Crippen LogP) is 2.11. The van der Waals surface area contributed by atoms with E-state index in [9.17, 15) is 9.18 Å². The first-order chi connectivity index (χ1) is 8.18. The van der Waals surface area contributed by atoms with Crippen molar-refractivity contribution < 1.29 is 14.3 Å². The Balaban J connectivity index is 2.53. The number of aromatic nitrogens is 2. The quantitative estimate of drug-likeness (QED) is 0.824. The molecule has 1 heterocycles. The number of halogens is 1. The Bertz CT molecular complexity index is 562. The third-order valence-corrected chi connectivity index (χ3v) is 2.19. The molecule has 0 bridgehead atoms. The van der Waals surface area contributed by atoms with Crippen LogP contribution in [0, 0.1) is 5.82 Å². The number of carboxylic acids is 1. The fraction of sp³-hybridized carbons (Fsp3) is 0. The van der Waals surface area contributed by atoms with E-state index in [-0.39, 0.29) is 5.69 Å². The fourth-order valence-corrected chi connectivity index (χ4v) is 1.49. The molecule has 4 nitrogen and oxygen atoms in total. The average Bonchev–Trinajstić information content (AvgIpc) is 2.79. The van der Waals surface area contributed by atoms with Crippen LogP contribution < -0.4 is 0 Å². The van der Waals surface area contributed by atoms with Crippen LogP contribution in [0.4, 0.5) is 4.39 Å². The molecule has 5 heteroatoms. The molecule has 0 amide bonds. The van der Waals surface area contributed by atoms with Gasteiger partial charge in [0.2, 0.25) is 0 Å². The van der Waals surface area contributed by atoms with E-state index in [1.54, 1.807) is 12.3 Å². The van der Waals surface area contributed by atoms with Crippen LogP contribution in [0.15, 0.2) is 43.0 Å². The molecule has 0 fully saturated rings. The molecule has 17 heavy (non-hydrogen) atoms. The Morgan fingerprint density at radius 3 is 2.94 bits per heavy atom. The first kappa shape index (κ1) is 11.1. The van der Waals surface area contributed by atoms with Gasteiger partial charge in [-0.2, -0.15) is 0 Å². The van der Waals surface area contributed by atoms with Crippen molar-refractivity contribution >= 4 is 12.0 Å². The Labute approximate surface area is 96.7 Å². The molecule has 1 N–H and O–H groups in total. The summed E-state index contributed by atoms with van der Waals surface area (Å²) >= 11 is 0. The van der Waals surface area contributed by atoms with Crippen molar-refractivity contribution in [3.05, 3.63) is 54.4 Å². The summed E-state index contributed by atoms with van der Waals surface area (Å²) in [5.74, 6) is -1.51. The van der Waals surface area contributed by atoms with Crippen molar-refractivity contribution in [1.82, 2.24) is 9.55 Å². The number of hydrogen-bond donors (Lipinski definition) is 1. The maximum absolute atomic E-state index is 13.7. The van der Waals surface area contributed by atoms with E-state index in [1.165, 1.54) is 35.3 Å². The number of para-hydroxylation sites is 1. The van der Waals surface area contributed by atoms with Crippen LogP contribution in [0.1, 0.15) is 5.56 Å². The van der Waals surface area contributed by atoms with Gasteiger partial charge in [-0.3, -0.25) is 0 Å². The lowest BCUT2D eigenvalue weighted by Gasteiger charge is -2.07. The minimum atomic E-state index is -1.08. The van der Waals surface area contributed by atoms with Gasteiger partial charge in [0.15, 0.2) is 0 Å². The topological polar surface area (TPSA) is 55.1 Å². The van der Waals surface area contributed by atoms with Crippen molar-refractivity contribution in [2.24, 2.45) is 0 Å². The van der Waals surface area contributed by atoms with Crippen LogP contribution in [0.5, 0.6) is 0 Å². The van der Waals surface area contributed by atoms with Gasteiger partial charge in [0, 0.05) is 24.0 Å². The molecule has 0 aliphatic carbocycles. The lowest BCUT2D eigenvalue weighted by atomic mass is 10.1. The Hall–Kier alpha value is -2.43. The molecule has 2 rings (SSSR count). The van der Waals surface area contributed by atoms with Crippen LogP contribution in [-0.4, -0.2) is 20.6 Å². The minimum absolute atomic E-state index is 0.280. The highest BCUT2D eigenvalue weighted by atomic mass is 19.1. The van der Waals surface area contributed by atoms with Gasteiger partial charge in [-0.05, 0) is 12.1 Å². The second-order valence-corrected chi connectivity index (χ2v) is 3.32. The highest BCUT2D eigenvalue weighted by molar-refractivity contribution is 5.86. The molecule has 1 aromatic heterocycles. The maximum Gasteiger partial charge on any atom is 0.328 e. The highest BCUT2D eigenvalue weighted by Gasteiger charge is 2.08. The number of carbonyl (C=O) groups is 1. The number of hydrogen-bond acceptors (Lipinski definition) is 2. The van der Waals surface area contributed by atoms with Crippen LogP contribution in [0.25, 0.3) is 11.8 Å². The molecule has 0 radical (unpaired) electrons. The molecule has 86 valence electrons. The van der Waals surface area contributed by atoms with Gasteiger partial charge in [0.25, 0.3) is 0 Å². The second kappa shape index (κ2) is 4.61. The van der Waals surface area contributed by atoms with Crippen molar-refractivity contribution in [3.63, 3.8) is 0 Å². The molecule has 0 unspecified atom stereocenters. The van der Waals surface area contributed by atoms with Crippen molar-refractivity contribution in [2.45, 2.75) is 0 Å². The third kappa shape index (κ3) is 2.39. The lowest BCUT2D eigenvalue weighted by molar-refractivity contribution is -0.131. The van der Waals surface area contributed by atoms with Crippen molar-refractivity contribution in [2.75, 3.05) is 0 Å². The summed E-state index contributed by atoms with van der Waals surface area (Å²) in [6.07, 6.45) is 6.89. The van der Waals surface area contributed by atoms with Gasteiger partial charge < -0.3 is 9.67 Å². The molecule has 0 aliphatic rings. The molecule has 0 saturated heterocycles. The average molecular weight is 232 g/mol. The molecule has 0 saturated carbocycles. The van der Waals surface area contributed by atoms with E-state index < -0.39 is 11.8 Å². The molecule has 1 aromatic carbocycles. The number of carboxylic acid groups (broad SMARTS) is 1. The Morgan fingerprint density at radius 2 is 2.29 bits per heavy atom. The SMILES string of the molecule is O=C(O)/C=C/c1cccc(F)c1-n1ccnc1. The molecule has 0 atom stereocenters.